The van der Waals surface area contributed by atoms with Crippen molar-refractivity contribution in [3.05, 3.63) is 35.4 Å². The molecule has 0 atom stereocenters. The van der Waals surface area contributed by atoms with E-state index in [1.807, 2.05) is 0 Å². The number of hydrogen-bond donors (Lipinski definition) is 2. The van der Waals surface area contributed by atoms with E-state index in [0.29, 0.717) is 6.54 Å². The van der Waals surface area contributed by atoms with Crippen LogP contribution in [0.15, 0.2) is 24.3 Å². The van der Waals surface area contributed by atoms with E-state index in [0.717, 1.165) is 13.1 Å². The van der Waals surface area contributed by atoms with Crippen molar-refractivity contribution in [1.29, 1.82) is 0 Å². The molecule has 2 nitrogen and oxygen atoms in total. The summed E-state index contributed by atoms with van der Waals surface area (Å²) in [5.41, 5.74) is 8.16. The maximum atomic E-state index is 5.60. The zero-order valence-electron chi connectivity index (χ0n) is 14.6. The zero-order valence-corrected chi connectivity index (χ0v) is 14.6. The quantitative estimate of drug-likeness (QED) is 0.466. The molecule has 0 spiro atoms. The summed E-state index contributed by atoms with van der Waals surface area (Å²) in [5, 5.41) is 3.53. The first kappa shape index (κ1) is 19.2. The van der Waals surface area contributed by atoms with Crippen molar-refractivity contribution in [2.45, 2.75) is 84.2 Å². The molecule has 3 N–H and O–H groups in total. The van der Waals surface area contributed by atoms with Gasteiger partial charge in [0.2, 0.25) is 0 Å². The lowest BCUT2D eigenvalue weighted by Crippen LogP contribution is -2.14. The van der Waals surface area contributed by atoms with Gasteiger partial charge in [-0.15, -0.1) is 0 Å². The van der Waals surface area contributed by atoms with Gasteiger partial charge < -0.3 is 11.1 Å². The molecule has 0 aromatic heterocycles. The molecule has 0 aliphatic carbocycles. The van der Waals surface area contributed by atoms with Crippen LogP contribution in [0.5, 0.6) is 0 Å². The highest BCUT2D eigenvalue weighted by Gasteiger charge is 1.95. The largest absolute Gasteiger partial charge is 0.326 e. The summed E-state index contributed by atoms with van der Waals surface area (Å²) in [7, 11) is 0. The Morgan fingerprint density at radius 2 is 1.23 bits per heavy atom. The third-order valence-corrected chi connectivity index (χ3v) is 4.29. The first-order valence-corrected chi connectivity index (χ1v) is 9.35. The fourth-order valence-corrected chi connectivity index (χ4v) is 2.76. The minimum Gasteiger partial charge on any atom is -0.326 e. The van der Waals surface area contributed by atoms with Crippen molar-refractivity contribution in [1.82, 2.24) is 5.32 Å². The molecule has 0 aliphatic heterocycles. The van der Waals surface area contributed by atoms with Gasteiger partial charge in [-0.2, -0.15) is 0 Å². The fraction of sp³-hybridized carbons (Fsp3) is 0.700. The van der Waals surface area contributed by atoms with Crippen LogP contribution in [0.1, 0.15) is 82.3 Å². The maximum absolute atomic E-state index is 5.60. The molecule has 0 fully saturated rings. The van der Waals surface area contributed by atoms with Gasteiger partial charge in [0.05, 0.1) is 0 Å². The lowest BCUT2D eigenvalue weighted by molar-refractivity contribution is 0.543. The number of hydrogen-bond acceptors (Lipinski definition) is 2. The van der Waals surface area contributed by atoms with Gasteiger partial charge in [-0.25, -0.2) is 0 Å². The van der Waals surface area contributed by atoms with Gasteiger partial charge in [0, 0.05) is 13.1 Å². The molecule has 2 heteroatoms. The van der Waals surface area contributed by atoms with E-state index >= 15 is 0 Å². The van der Waals surface area contributed by atoms with Crippen LogP contribution < -0.4 is 11.1 Å². The zero-order chi connectivity index (χ0) is 15.9. The van der Waals surface area contributed by atoms with Gasteiger partial charge in [-0.3, -0.25) is 0 Å². The summed E-state index contributed by atoms with van der Waals surface area (Å²) in [5.74, 6) is 0. The lowest BCUT2D eigenvalue weighted by Gasteiger charge is -2.06. The third kappa shape index (κ3) is 9.97. The van der Waals surface area contributed by atoms with Crippen LogP contribution in [0.4, 0.5) is 0 Å². The van der Waals surface area contributed by atoms with Crippen molar-refractivity contribution in [3.63, 3.8) is 0 Å². The Morgan fingerprint density at radius 1 is 0.727 bits per heavy atom. The van der Waals surface area contributed by atoms with Crippen LogP contribution in [0.2, 0.25) is 0 Å². The van der Waals surface area contributed by atoms with Crippen molar-refractivity contribution < 1.29 is 0 Å². The second-order valence-electron chi connectivity index (χ2n) is 6.38. The topological polar surface area (TPSA) is 38.0 Å². The molecular weight excluding hydrogens is 268 g/mol. The first-order valence-electron chi connectivity index (χ1n) is 9.35. The highest BCUT2D eigenvalue weighted by Crippen LogP contribution is 2.10. The molecule has 22 heavy (non-hydrogen) atoms. The van der Waals surface area contributed by atoms with Gasteiger partial charge in [0.25, 0.3) is 0 Å². The highest BCUT2D eigenvalue weighted by atomic mass is 14.8. The SMILES string of the molecule is CCCCCCCCCCCCNCc1ccc(CN)cc1. The number of nitrogens with two attached hydrogens (primary N) is 1. The van der Waals surface area contributed by atoms with E-state index in [4.69, 9.17) is 5.73 Å². The summed E-state index contributed by atoms with van der Waals surface area (Å²) in [4.78, 5) is 0. The van der Waals surface area contributed by atoms with E-state index < -0.39 is 0 Å². The Labute approximate surface area is 137 Å². The third-order valence-electron chi connectivity index (χ3n) is 4.29. The summed E-state index contributed by atoms with van der Waals surface area (Å²) >= 11 is 0. The van der Waals surface area contributed by atoms with Crippen LogP contribution in [0, 0.1) is 0 Å². The molecular formula is C20H36N2. The molecule has 1 rings (SSSR count). The summed E-state index contributed by atoms with van der Waals surface area (Å²) < 4.78 is 0. The summed E-state index contributed by atoms with van der Waals surface area (Å²) in [6.07, 6.45) is 14.0. The van der Waals surface area contributed by atoms with E-state index in [2.05, 4.69) is 36.5 Å². The lowest BCUT2D eigenvalue weighted by atomic mass is 10.1. The monoisotopic (exact) mass is 304 g/mol. The average Bonchev–Trinajstić information content (AvgIpc) is 2.56. The van der Waals surface area contributed by atoms with E-state index in [1.165, 1.54) is 75.3 Å². The molecule has 0 aliphatic rings. The van der Waals surface area contributed by atoms with E-state index in [9.17, 15) is 0 Å². The predicted octanol–water partition coefficient (Wildman–Crippen LogP) is 5.16. The Hall–Kier alpha value is -0.860. The average molecular weight is 305 g/mol. The molecule has 1 aromatic rings. The molecule has 0 unspecified atom stereocenters. The fourth-order valence-electron chi connectivity index (χ4n) is 2.76. The molecule has 0 amide bonds. The molecule has 1 aromatic carbocycles. The Kier molecular flexibility index (Phi) is 12.0. The maximum Gasteiger partial charge on any atom is 0.0205 e. The predicted molar refractivity (Wildman–Crippen MR) is 97.9 cm³/mol. The van der Waals surface area contributed by atoms with E-state index in [1.54, 1.807) is 0 Å². The van der Waals surface area contributed by atoms with Crippen molar-refractivity contribution in [2.75, 3.05) is 6.54 Å². The standard InChI is InChI=1S/C20H36N2/c1-2-3-4-5-6-7-8-9-10-11-16-22-18-20-14-12-19(17-21)13-15-20/h12-15,22H,2-11,16-18,21H2,1H3. The molecule has 0 radical (unpaired) electrons. The van der Waals surface area contributed by atoms with Crippen molar-refractivity contribution in [3.8, 4) is 0 Å². The Bertz CT molecular complexity index is 345. The number of nitrogens with one attached hydrogen (secondary N) is 1. The van der Waals surface area contributed by atoms with Crippen LogP contribution in [-0.2, 0) is 13.1 Å². The molecule has 0 saturated carbocycles. The smallest absolute Gasteiger partial charge is 0.0205 e. The number of benzene rings is 1. The second-order valence-corrected chi connectivity index (χ2v) is 6.38. The second kappa shape index (κ2) is 13.8. The van der Waals surface area contributed by atoms with Crippen molar-refractivity contribution >= 4 is 0 Å². The highest BCUT2D eigenvalue weighted by molar-refractivity contribution is 5.22. The normalized spacial score (nSPS) is 11.0. The number of rotatable bonds is 14. The Morgan fingerprint density at radius 3 is 1.77 bits per heavy atom. The first-order chi connectivity index (χ1) is 10.9. The van der Waals surface area contributed by atoms with Crippen LogP contribution in [0.3, 0.4) is 0 Å². The minimum atomic E-state index is 0.631. The molecule has 126 valence electrons. The van der Waals surface area contributed by atoms with Crippen LogP contribution in [0.25, 0.3) is 0 Å². The van der Waals surface area contributed by atoms with Crippen LogP contribution >= 0.6 is 0 Å². The van der Waals surface area contributed by atoms with Gasteiger partial charge in [-0.05, 0) is 24.1 Å². The van der Waals surface area contributed by atoms with E-state index in [-0.39, 0.29) is 0 Å². The van der Waals surface area contributed by atoms with Crippen molar-refractivity contribution in [2.24, 2.45) is 5.73 Å². The molecule has 0 bridgehead atoms. The Balaban J connectivity index is 1.85. The minimum absolute atomic E-state index is 0.631. The van der Waals surface area contributed by atoms with Gasteiger partial charge in [0.1, 0.15) is 0 Å². The molecule has 0 heterocycles. The summed E-state index contributed by atoms with van der Waals surface area (Å²) in [6.45, 7) is 5.02. The molecule has 0 saturated heterocycles. The van der Waals surface area contributed by atoms with Gasteiger partial charge in [-0.1, -0.05) is 89.0 Å². The van der Waals surface area contributed by atoms with Gasteiger partial charge in [0.15, 0.2) is 0 Å². The summed E-state index contributed by atoms with van der Waals surface area (Å²) in [6, 6.07) is 8.59. The van der Waals surface area contributed by atoms with Crippen LogP contribution in [-0.4, -0.2) is 6.54 Å². The number of unbranched alkanes of at least 4 members (excludes halogenated alkanes) is 9. The van der Waals surface area contributed by atoms with Gasteiger partial charge >= 0.3 is 0 Å².